The molecule has 0 aliphatic carbocycles. The minimum absolute atomic E-state index is 0.495. The van der Waals surface area contributed by atoms with E-state index >= 15 is 0 Å². The lowest BCUT2D eigenvalue weighted by Gasteiger charge is -2.26. The first kappa shape index (κ1) is 13.9. The predicted octanol–water partition coefficient (Wildman–Crippen LogP) is 1.70. The van der Waals surface area contributed by atoms with Crippen molar-refractivity contribution in [1.29, 1.82) is 0 Å². The Hall–Kier alpha value is -1.53. The molecular weight excluding hydrogens is 256 g/mol. The number of hydrogen-bond donors (Lipinski definition) is 1. The number of carboxylic acids is 1. The zero-order chi connectivity index (χ0) is 13.9. The van der Waals surface area contributed by atoms with Gasteiger partial charge >= 0.3 is 11.9 Å². The van der Waals surface area contributed by atoms with Crippen molar-refractivity contribution in [2.45, 2.75) is 12.5 Å². The van der Waals surface area contributed by atoms with Gasteiger partial charge in [-0.05, 0) is 5.56 Å². The van der Waals surface area contributed by atoms with Crippen LogP contribution >= 0.6 is 0 Å². The molecule has 2 rings (SSSR count). The molecule has 6 heteroatoms. The number of carbonyl (C=O) groups is 1. The molecule has 0 aromatic heterocycles. The molecular formula is C13H15F2NO3. The molecule has 1 saturated heterocycles. The van der Waals surface area contributed by atoms with Crippen molar-refractivity contribution in [1.82, 2.24) is 4.90 Å². The lowest BCUT2D eigenvalue weighted by Crippen LogP contribution is -2.35. The molecule has 1 aromatic carbocycles. The molecule has 19 heavy (non-hydrogen) atoms. The van der Waals surface area contributed by atoms with E-state index in [0.29, 0.717) is 19.8 Å². The third-order valence-corrected chi connectivity index (χ3v) is 3.09. The first-order valence-corrected chi connectivity index (χ1v) is 6.01. The lowest BCUT2D eigenvalue weighted by atomic mass is 10.1. The Bertz CT molecular complexity index is 442. The van der Waals surface area contributed by atoms with E-state index in [-0.39, 0.29) is 0 Å². The first-order valence-electron chi connectivity index (χ1n) is 6.01. The molecule has 104 valence electrons. The summed E-state index contributed by atoms with van der Waals surface area (Å²) in [6.07, 6.45) is 0. The molecule has 0 spiro atoms. The number of alkyl halides is 2. The Morgan fingerprint density at radius 3 is 2.37 bits per heavy atom. The van der Waals surface area contributed by atoms with E-state index in [9.17, 15) is 13.6 Å². The van der Waals surface area contributed by atoms with Crippen LogP contribution in [0, 0.1) is 0 Å². The Morgan fingerprint density at radius 2 is 1.84 bits per heavy atom. The Balaban J connectivity index is 2.04. The van der Waals surface area contributed by atoms with Crippen molar-refractivity contribution in [2.24, 2.45) is 0 Å². The maximum Gasteiger partial charge on any atom is 0.379 e. The van der Waals surface area contributed by atoms with E-state index in [1.807, 2.05) is 0 Å². The molecule has 1 aliphatic heterocycles. The van der Waals surface area contributed by atoms with Crippen LogP contribution in [0.3, 0.4) is 0 Å². The summed E-state index contributed by atoms with van der Waals surface area (Å²) in [5.41, 5.74) is 0.387. The smallest absolute Gasteiger partial charge is 0.379 e. The number of benzene rings is 1. The molecule has 4 nitrogen and oxygen atoms in total. The third kappa shape index (κ3) is 3.27. The van der Waals surface area contributed by atoms with Crippen molar-refractivity contribution < 1.29 is 23.4 Å². The molecule has 1 heterocycles. The van der Waals surface area contributed by atoms with Gasteiger partial charge in [-0.1, -0.05) is 24.3 Å². The Morgan fingerprint density at radius 1 is 1.26 bits per heavy atom. The van der Waals surface area contributed by atoms with Crippen LogP contribution < -0.4 is 0 Å². The highest BCUT2D eigenvalue weighted by Crippen LogP contribution is 2.28. The summed E-state index contributed by atoms with van der Waals surface area (Å²) in [5.74, 6) is -5.97. The number of carboxylic acid groups (broad SMARTS) is 1. The van der Waals surface area contributed by atoms with Gasteiger partial charge < -0.3 is 9.84 Å². The number of nitrogens with zero attached hydrogens (tertiary/aromatic N) is 1. The normalized spacial score (nSPS) is 17.4. The van der Waals surface area contributed by atoms with Gasteiger partial charge in [-0.15, -0.1) is 0 Å². The topological polar surface area (TPSA) is 49.8 Å². The summed E-state index contributed by atoms with van der Waals surface area (Å²) < 4.78 is 31.7. The molecule has 0 amide bonds. The van der Waals surface area contributed by atoms with Crippen molar-refractivity contribution in [3.8, 4) is 0 Å². The van der Waals surface area contributed by atoms with Crippen molar-refractivity contribution in [3.05, 3.63) is 35.4 Å². The van der Waals surface area contributed by atoms with Gasteiger partial charge in [0.05, 0.1) is 13.2 Å². The molecule has 0 saturated carbocycles. The summed E-state index contributed by atoms with van der Waals surface area (Å²) in [7, 11) is 0. The molecule has 0 bridgehead atoms. The van der Waals surface area contributed by atoms with E-state index in [1.165, 1.54) is 12.1 Å². The van der Waals surface area contributed by atoms with Crippen LogP contribution in [0.2, 0.25) is 0 Å². The molecule has 1 aliphatic rings. The average Bonchev–Trinajstić information content (AvgIpc) is 2.40. The molecule has 1 fully saturated rings. The predicted molar refractivity (Wildman–Crippen MR) is 64.1 cm³/mol. The summed E-state index contributed by atoms with van der Waals surface area (Å²) in [5, 5.41) is 8.45. The quantitative estimate of drug-likeness (QED) is 0.905. The minimum Gasteiger partial charge on any atom is -0.477 e. The fraction of sp³-hybridized carbons (Fsp3) is 0.462. The van der Waals surface area contributed by atoms with E-state index in [2.05, 4.69) is 4.90 Å². The van der Waals surface area contributed by atoms with Crippen molar-refractivity contribution >= 4 is 5.97 Å². The van der Waals surface area contributed by atoms with Gasteiger partial charge in [0.15, 0.2) is 0 Å². The van der Waals surface area contributed by atoms with Crippen molar-refractivity contribution in [3.63, 3.8) is 0 Å². The zero-order valence-corrected chi connectivity index (χ0v) is 10.3. The van der Waals surface area contributed by atoms with Crippen LogP contribution in [-0.2, 0) is 22.0 Å². The van der Waals surface area contributed by atoms with Gasteiger partial charge in [0.1, 0.15) is 0 Å². The second kappa shape index (κ2) is 5.63. The largest absolute Gasteiger partial charge is 0.477 e. The van der Waals surface area contributed by atoms with Crippen LogP contribution in [0.5, 0.6) is 0 Å². The van der Waals surface area contributed by atoms with Gasteiger partial charge in [0, 0.05) is 25.2 Å². The highest BCUT2D eigenvalue weighted by Gasteiger charge is 2.40. The highest BCUT2D eigenvalue weighted by molar-refractivity contribution is 5.77. The monoisotopic (exact) mass is 271 g/mol. The summed E-state index contributed by atoms with van der Waals surface area (Å²) in [6, 6.07) is 5.43. The number of morpholine rings is 1. The molecule has 1 N–H and O–H groups in total. The van der Waals surface area contributed by atoms with Gasteiger partial charge in [0.2, 0.25) is 0 Å². The first-order chi connectivity index (χ1) is 9.00. The average molecular weight is 271 g/mol. The number of ether oxygens (including phenoxy) is 1. The number of rotatable bonds is 4. The van der Waals surface area contributed by atoms with Crippen LogP contribution in [0.25, 0.3) is 0 Å². The fourth-order valence-electron chi connectivity index (χ4n) is 1.96. The maximum atomic E-state index is 13.2. The third-order valence-electron chi connectivity index (χ3n) is 3.09. The molecule has 0 radical (unpaired) electrons. The van der Waals surface area contributed by atoms with E-state index < -0.39 is 17.5 Å². The standard InChI is InChI=1S/C13H15F2NO3/c14-13(15,12(17)18)11-3-1-10(2-4-11)9-16-5-7-19-8-6-16/h1-4H,5-9H2,(H,17,18). The fourth-order valence-corrected chi connectivity index (χ4v) is 1.96. The molecule has 0 atom stereocenters. The van der Waals surface area contributed by atoms with Crippen LogP contribution in [-0.4, -0.2) is 42.3 Å². The molecule has 1 aromatic rings. The summed E-state index contributed by atoms with van der Waals surface area (Å²) in [4.78, 5) is 12.6. The van der Waals surface area contributed by atoms with E-state index in [4.69, 9.17) is 9.84 Å². The Kier molecular flexibility index (Phi) is 4.11. The SMILES string of the molecule is O=C(O)C(F)(F)c1ccc(CN2CCOCC2)cc1. The maximum absolute atomic E-state index is 13.2. The summed E-state index contributed by atoms with van der Waals surface area (Å²) in [6.45, 7) is 3.63. The van der Waals surface area contributed by atoms with Gasteiger partial charge in [-0.25, -0.2) is 4.79 Å². The van der Waals surface area contributed by atoms with Gasteiger partial charge in [-0.2, -0.15) is 8.78 Å². The minimum atomic E-state index is -3.84. The van der Waals surface area contributed by atoms with Crippen molar-refractivity contribution in [2.75, 3.05) is 26.3 Å². The van der Waals surface area contributed by atoms with E-state index in [1.54, 1.807) is 12.1 Å². The van der Waals surface area contributed by atoms with Crippen LogP contribution in [0.4, 0.5) is 8.78 Å². The van der Waals surface area contributed by atoms with E-state index in [0.717, 1.165) is 18.7 Å². The van der Waals surface area contributed by atoms with Gasteiger partial charge in [0.25, 0.3) is 0 Å². The Labute approximate surface area is 109 Å². The summed E-state index contributed by atoms with van der Waals surface area (Å²) >= 11 is 0. The lowest BCUT2D eigenvalue weighted by molar-refractivity contribution is -0.166. The molecule has 0 unspecified atom stereocenters. The van der Waals surface area contributed by atoms with Crippen LogP contribution in [0.1, 0.15) is 11.1 Å². The number of halogens is 2. The number of hydrogen-bond acceptors (Lipinski definition) is 3. The van der Waals surface area contributed by atoms with Gasteiger partial charge in [-0.3, -0.25) is 4.90 Å². The highest BCUT2D eigenvalue weighted by atomic mass is 19.3. The number of aliphatic carboxylic acids is 1. The zero-order valence-electron chi connectivity index (χ0n) is 10.3. The second-order valence-electron chi connectivity index (χ2n) is 4.46. The van der Waals surface area contributed by atoms with Crippen LogP contribution in [0.15, 0.2) is 24.3 Å². The second-order valence-corrected chi connectivity index (χ2v) is 4.46.